The van der Waals surface area contributed by atoms with Gasteiger partial charge in [-0.05, 0) is 36.1 Å². The van der Waals surface area contributed by atoms with Gasteiger partial charge in [-0.15, -0.1) is 0 Å². The van der Waals surface area contributed by atoms with Crippen LogP contribution in [0.4, 0.5) is 13.2 Å². The van der Waals surface area contributed by atoms with Gasteiger partial charge < -0.3 is 14.9 Å². The van der Waals surface area contributed by atoms with Gasteiger partial charge in [0, 0.05) is 42.9 Å². The molecule has 3 aliphatic rings. The third-order valence-electron chi connectivity index (χ3n) is 6.61. The molecule has 0 aromatic heterocycles. The number of hydrogen-bond acceptors (Lipinski definition) is 3. The Kier molecular flexibility index (Phi) is 4.41. The fraction of sp³-hybridized carbons (Fsp3) is 0.391. The Morgan fingerprint density at radius 1 is 0.935 bits per heavy atom. The summed E-state index contributed by atoms with van der Waals surface area (Å²) in [5.74, 6) is -0.654. The van der Waals surface area contributed by atoms with E-state index in [-0.39, 0.29) is 47.2 Å². The van der Waals surface area contributed by atoms with Crippen LogP contribution in [-0.2, 0) is 10.4 Å². The van der Waals surface area contributed by atoms with E-state index in [1.165, 1.54) is 35.2 Å². The highest BCUT2D eigenvalue weighted by molar-refractivity contribution is 5.97. The molecule has 2 aromatic carbocycles. The molecule has 2 aliphatic heterocycles. The summed E-state index contributed by atoms with van der Waals surface area (Å²) >= 11 is 0. The highest BCUT2D eigenvalue weighted by Crippen LogP contribution is 2.55. The first-order valence-electron chi connectivity index (χ1n) is 10.3. The Bertz CT molecular complexity index is 1070. The second-order valence-corrected chi connectivity index (χ2v) is 8.45. The van der Waals surface area contributed by atoms with Crippen molar-refractivity contribution in [3.05, 3.63) is 59.2 Å². The molecule has 0 spiro atoms. The zero-order valence-corrected chi connectivity index (χ0v) is 16.7. The summed E-state index contributed by atoms with van der Waals surface area (Å²) < 4.78 is 41.9. The molecule has 1 atom stereocenters. The van der Waals surface area contributed by atoms with Crippen LogP contribution in [-0.4, -0.2) is 59.1 Å². The Balaban J connectivity index is 1.41. The van der Waals surface area contributed by atoms with E-state index in [1.54, 1.807) is 6.07 Å². The summed E-state index contributed by atoms with van der Waals surface area (Å²) in [7, 11) is 0. The molecule has 31 heavy (non-hydrogen) atoms. The maximum absolute atomic E-state index is 14.0. The summed E-state index contributed by atoms with van der Waals surface area (Å²) in [6, 6.07) is 9.93. The second kappa shape index (κ2) is 6.82. The number of alkyl halides is 3. The lowest BCUT2D eigenvalue weighted by Crippen LogP contribution is -2.56. The number of rotatable bonds is 2. The normalized spacial score (nSPS) is 22.8. The van der Waals surface area contributed by atoms with Gasteiger partial charge in [-0.25, -0.2) is 0 Å². The molecule has 2 amide bonds. The number of fused-ring (bicyclic) bond motifs is 3. The summed E-state index contributed by atoms with van der Waals surface area (Å²) in [5, 5.41) is 10.8. The fourth-order valence-electron chi connectivity index (χ4n) is 4.87. The minimum atomic E-state index is -4.94. The van der Waals surface area contributed by atoms with Crippen molar-refractivity contribution in [2.75, 3.05) is 26.2 Å². The largest absolute Gasteiger partial charge is 0.425 e. The molecule has 1 unspecified atom stereocenters. The van der Waals surface area contributed by atoms with Crippen LogP contribution in [0.2, 0.25) is 0 Å². The number of carbonyl (C=O) groups is 2. The van der Waals surface area contributed by atoms with Gasteiger partial charge in [0.1, 0.15) is 0 Å². The van der Waals surface area contributed by atoms with Crippen LogP contribution in [0.25, 0.3) is 11.1 Å². The third-order valence-corrected chi connectivity index (χ3v) is 6.61. The molecule has 8 heteroatoms. The molecule has 2 fully saturated rings. The number of hydrogen-bond donors (Lipinski definition) is 1. The lowest BCUT2D eigenvalue weighted by Gasteiger charge is -2.40. The molecule has 0 radical (unpaired) electrons. The number of aliphatic hydroxyl groups is 1. The zero-order chi connectivity index (χ0) is 22.0. The number of nitrogens with zero attached hydrogens (tertiary/aromatic N) is 2. The number of likely N-dealkylation sites (tertiary alicyclic amines) is 2. The van der Waals surface area contributed by atoms with Crippen LogP contribution >= 0.6 is 0 Å². The smallest absolute Gasteiger partial charge is 0.372 e. The van der Waals surface area contributed by atoms with Gasteiger partial charge in [-0.2, -0.15) is 13.2 Å². The van der Waals surface area contributed by atoms with Crippen molar-refractivity contribution in [3.8, 4) is 11.1 Å². The second-order valence-electron chi connectivity index (χ2n) is 8.45. The van der Waals surface area contributed by atoms with Crippen molar-refractivity contribution in [3.63, 3.8) is 0 Å². The van der Waals surface area contributed by atoms with Gasteiger partial charge in [0.25, 0.3) is 5.91 Å². The summed E-state index contributed by atoms with van der Waals surface area (Å²) in [6.45, 7) is 2.00. The standard InChI is InChI=1S/C23H21F3N2O3/c24-23(25,26)22(31)18-6-2-1-5-16(18)17-8-7-14(11-19(17)22)20(29)28-12-15(13-28)21(30)27-9-3-4-10-27/h1-2,5-8,11,15,31H,3-4,9-10,12-13H2. The maximum Gasteiger partial charge on any atom is 0.425 e. The highest BCUT2D eigenvalue weighted by atomic mass is 19.4. The number of amides is 2. The molecule has 5 nitrogen and oxygen atoms in total. The molecule has 0 saturated carbocycles. The SMILES string of the molecule is O=C(c1ccc2c(c1)C(O)(C(F)(F)F)c1ccccc1-2)N1CC(C(=O)N2CCCC2)C1. The zero-order valence-electron chi connectivity index (χ0n) is 16.7. The van der Waals surface area contributed by atoms with Crippen LogP contribution in [0.15, 0.2) is 42.5 Å². The molecule has 1 aliphatic carbocycles. The average molecular weight is 430 g/mol. The molecule has 0 bridgehead atoms. The molecule has 2 saturated heterocycles. The van der Waals surface area contributed by atoms with Gasteiger partial charge in [0.2, 0.25) is 11.5 Å². The van der Waals surface area contributed by atoms with Crippen molar-refractivity contribution in [2.45, 2.75) is 24.6 Å². The van der Waals surface area contributed by atoms with Crippen LogP contribution in [0, 0.1) is 5.92 Å². The van der Waals surface area contributed by atoms with Crippen molar-refractivity contribution in [2.24, 2.45) is 5.92 Å². The summed E-state index contributed by atoms with van der Waals surface area (Å²) in [6.07, 6.45) is -2.97. The van der Waals surface area contributed by atoms with E-state index in [9.17, 15) is 27.9 Å². The van der Waals surface area contributed by atoms with Gasteiger partial charge in [-0.3, -0.25) is 9.59 Å². The fourth-order valence-corrected chi connectivity index (χ4v) is 4.87. The molecule has 162 valence electrons. The number of halogens is 3. The van der Waals surface area contributed by atoms with Gasteiger partial charge in [-0.1, -0.05) is 30.3 Å². The average Bonchev–Trinajstić information content (AvgIpc) is 3.33. The minimum absolute atomic E-state index is 0.0393. The minimum Gasteiger partial charge on any atom is -0.372 e. The Morgan fingerprint density at radius 2 is 1.58 bits per heavy atom. The van der Waals surface area contributed by atoms with E-state index in [2.05, 4.69) is 0 Å². The van der Waals surface area contributed by atoms with Gasteiger partial charge in [0.15, 0.2) is 0 Å². The first-order valence-corrected chi connectivity index (χ1v) is 10.3. The van der Waals surface area contributed by atoms with Gasteiger partial charge >= 0.3 is 6.18 Å². The molecule has 1 N–H and O–H groups in total. The van der Waals surface area contributed by atoms with Crippen molar-refractivity contribution >= 4 is 11.8 Å². The van der Waals surface area contributed by atoms with Crippen molar-refractivity contribution in [1.82, 2.24) is 9.80 Å². The lowest BCUT2D eigenvalue weighted by molar-refractivity contribution is -0.246. The Morgan fingerprint density at radius 3 is 2.26 bits per heavy atom. The van der Waals surface area contributed by atoms with Crippen molar-refractivity contribution in [1.29, 1.82) is 0 Å². The molecule has 2 aromatic rings. The van der Waals surface area contributed by atoms with E-state index >= 15 is 0 Å². The summed E-state index contributed by atoms with van der Waals surface area (Å²) in [5.41, 5.74) is -3.10. The molecule has 5 rings (SSSR count). The van der Waals surface area contributed by atoms with E-state index < -0.39 is 17.7 Å². The lowest BCUT2D eigenvalue weighted by atomic mass is 9.89. The maximum atomic E-state index is 14.0. The van der Waals surface area contributed by atoms with Crippen molar-refractivity contribution < 1.29 is 27.9 Å². The number of benzene rings is 2. The highest BCUT2D eigenvalue weighted by Gasteiger charge is 2.60. The van der Waals surface area contributed by atoms with E-state index in [4.69, 9.17) is 0 Å². The topological polar surface area (TPSA) is 60.9 Å². The molecule has 2 heterocycles. The monoisotopic (exact) mass is 430 g/mol. The van der Waals surface area contributed by atoms with Gasteiger partial charge in [0.05, 0.1) is 5.92 Å². The Hall–Kier alpha value is -2.87. The van der Waals surface area contributed by atoms with Crippen LogP contribution in [0.3, 0.4) is 0 Å². The van der Waals surface area contributed by atoms with E-state index in [0.717, 1.165) is 32.0 Å². The third kappa shape index (κ3) is 2.88. The van der Waals surface area contributed by atoms with Crippen LogP contribution in [0.1, 0.15) is 34.3 Å². The Labute approximate surface area is 177 Å². The van der Waals surface area contributed by atoms with E-state index in [0.29, 0.717) is 5.56 Å². The predicted molar refractivity (Wildman–Crippen MR) is 106 cm³/mol. The molecular weight excluding hydrogens is 409 g/mol. The first kappa shape index (κ1) is 20.1. The van der Waals surface area contributed by atoms with E-state index in [1.807, 2.05) is 4.90 Å². The first-order chi connectivity index (χ1) is 14.7. The van der Waals surface area contributed by atoms with Crippen LogP contribution < -0.4 is 0 Å². The quantitative estimate of drug-likeness (QED) is 0.796. The molecular formula is C23H21F3N2O3. The summed E-state index contributed by atoms with van der Waals surface area (Å²) in [4.78, 5) is 28.6. The van der Waals surface area contributed by atoms with Crippen LogP contribution in [0.5, 0.6) is 0 Å². The predicted octanol–water partition coefficient (Wildman–Crippen LogP) is 3.16. The number of carbonyl (C=O) groups excluding carboxylic acids is 2.